The third-order valence-corrected chi connectivity index (χ3v) is 6.09. The van der Waals surface area contributed by atoms with Gasteiger partial charge in [0.25, 0.3) is 0 Å². The van der Waals surface area contributed by atoms with Gasteiger partial charge in [-0.1, -0.05) is 18.6 Å². The summed E-state index contributed by atoms with van der Waals surface area (Å²) in [6.07, 6.45) is 5.17. The second kappa shape index (κ2) is 6.86. The average molecular weight is 403 g/mol. The minimum atomic E-state index is -0.476. The number of aryl methyl sites for hydroxylation is 2. The minimum Gasteiger partial charge on any atom is -0.436 e. The van der Waals surface area contributed by atoms with E-state index in [4.69, 9.17) is 20.9 Å². The van der Waals surface area contributed by atoms with E-state index in [-0.39, 0.29) is 5.96 Å². The minimum absolute atomic E-state index is 0.258. The molecule has 30 heavy (non-hydrogen) atoms. The van der Waals surface area contributed by atoms with Crippen molar-refractivity contribution in [1.29, 1.82) is 0 Å². The predicted octanol–water partition coefficient (Wildman–Crippen LogP) is 4.22. The molecule has 1 spiro atoms. The van der Waals surface area contributed by atoms with Crippen molar-refractivity contribution in [1.82, 2.24) is 4.98 Å². The van der Waals surface area contributed by atoms with E-state index < -0.39 is 5.66 Å². The van der Waals surface area contributed by atoms with Crippen LogP contribution in [-0.4, -0.2) is 22.6 Å². The standard InChI is InChI=1S/C23H26N6O/c1-14-6-9-17-19(12-14)30-20(26-17)16-8-7-15(2)18(13-16)29-22(25)27-21(24)28-23(29)10-4-3-5-11-23/h6-9,12-13H,3-5,10-11H2,1-2H3,(H4,24,25,27,28). The predicted molar refractivity (Wildman–Crippen MR) is 120 cm³/mol. The molecule has 2 aliphatic rings. The van der Waals surface area contributed by atoms with E-state index in [9.17, 15) is 0 Å². The first-order chi connectivity index (χ1) is 14.4. The fraction of sp³-hybridized carbons (Fsp3) is 0.348. The van der Waals surface area contributed by atoms with Crippen molar-refractivity contribution in [3.8, 4) is 11.5 Å². The molecule has 0 amide bonds. The molecule has 0 atom stereocenters. The zero-order valence-corrected chi connectivity index (χ0v) is 17.4. The van der Waals surface area contributed by atoms with Crippen molar-refractivity contribution < 1.29 is 4.42 Å². The highest BCUT2D eigenvalue weighted by Gasteiger charge is 2.43. The van der Waals surface area contributed by atoms with Gasteiger partial charge in [-0.15, -0.1) is 0 Å². The monoisotopic (exact) mass is 402 g/mol. The third kappa shape index (κ3) is 3.01. The highest BCUT2D eigenvalue weighted by molar-refractivity contribution is 6.06. The van der Waals surface area contributed by atoms with E-state index in [0.717, 1.165) is 59.2 Å². The van der Waals surface area contributed by atoms with Crippen LogP contribution in [0.25, 0.3) is 22.6 Å². The second-order valence-corrected chi connectivity index (χ2v) is 8.31. The Hall–Kier alpha value is -3.35. The first kappa shape index (κ1) is 18.7. The number of hydrogen-bond acceptors (Lipinski definition) is 7. The number of nitrogens with zero attached hydrogens (tertiary/aromatic N) is 4. The van der Waals surface area contributed by atoms with Crippen molar-refractivity contribution in [3.63, 3.8) is 0 Å². The Balaban J connectivity index is 1.62. The molecule has 0 unspecified atom stereocenters. The molecule has 7 heteroatoms. The Bertz CT molecular complexity index is 1190. The number of guanidine groups is 2. The molecule has 2 aromatic carbocycles. The maximum atomic E-state index is 6.42. The van der Waals surface area contributed by atoms with Crippen LogP contribution in [0, 0.1) is 13.8 Å². The van der Waals surface area contributed by atoms with Crippen LogP contribution in [-0.2, 0) is 0 Å². The van der Waals surface area contributed by atoms with Crippen LogP contribution in [0.2, 0.25) is 0 Å². The molecule has 154 valence electrons. The molecule has 0 bridgehead atoms. The topological polar surface area (TPSA) is 106 Å². The molecule has 1 saturated carbocycles. The highest BCUT2D eigenvalue weighted by Crippen LogP contribution is 2.41. The Morgan fingerprint density at radius 1 is 1.00 bits per heavy atom. The van der Waals surface area contributed by atoms with E-state index in [0.29, 0.717) is 11.9 Å². The number of oxazole rings is 1. The quantitative estimate of drug-likeness (QED) is 0.667. The number of rotatable bonds is 2. The molecule has 0 radical (unpaired) electrons. The Morgan fingerprint density at radius 3 is 2.60 bits per heavy atom. The summed E-state index contributed by atoms with van der Waals surface area (Å²) in [5.41, 5.74) is 17.7. The molecule has 1 aliphatic carbocycles. The Morgan fingerprint density at radius 2 is 1.80 bits per heavy atom. The van der Waals surface area contributed by atoms with Gasteiger partial charge in [-0.05, 0) is 74.9 Å². The summed E-state index contributed by atoms with van der Waals surface area (Å²) < 4.78 is 6.06. The summed E-state index contributed by atoms with van der Waals surface area (Å²) in [7, 11) is 0. The smallest absolute Gasteiger partial charge is 0.227 e. The number of aromatic nitrogens is 1. The van der Waals surface area contributed by atoms with Gasteiger partial charge < -0.3 is 15.9 Å². The average Bonchev–Trinajstić information content (AvgIpc) is 3.12. The van der Waals surface area contributed by atoms with Crippen LogP contribution < -0.4 is 16.4 Å². The molecular weight excluding hydrogens is 376 g/mol. The molecular formula is C23H26N6O. The van der Waals surface area contributed by atoms with Crippen molar-refractivity contribution in [2.75, 3.05) is 4.90 Å². The number of hydrogen-bond donors (Lipinski definition) is 2. The summed E-state index contributed by atoms with van der Waals surface area (Å²) in [6, 6.07) is 12.2. The van der Waals surface area contributed by atoms with Crippen LogP contribution in [0.15, 0.2) is 50.8 Å². The summed E-state index contributed by atoms with van der Waals surface area (Å²) in [5.74, 6) is 1.23. The van der Waals surface area contributed by atoms with Crippen LogP contribution >= 0.6 is 0 Å². The Kier molecular flexibility index (Phi) is 4.27. The second-order valence-electron chi connectivity index (χ2n) is 8.31. The lowest BCUT2D eigenvalue weighted by Gasteiger charge is -2.46. The van der Waals surface area contributed by atoms with Gasteiger partial charge in [0.05, 0.1) is 0 Å². The maximum Gasteiger partial charge on any atom is 0.227 e. The zero-order valence-electron chi connectivity index (χ0n) is 17.4. The molecule has 7 nitrogen and oxygen atoms in total. The van der Waals surface area contributed by atoms with E-state index in [2.05, 4.69) is 33.9 Å². The summed E-state index contributed by atoms with van der Waals surface area (Å²) >= 11 is 0. The lowest BCUT2D eigenvalue weighted by atomic mass is 9.87. The summed E-state index contributed by atoms with van der Waals surface area (Å²) in [6.45, 7) is 4.11. The number of benzene rings is 2. The zero-order chi connectivity index (χ0) is 20.9. The Labute approximate surface area is 175 Å². The number of anilines is 1. The summed E-state index contributed by atoms with van der Waals surface area (Å²) in [5, 5.41) is 0. The van der Waals surface area contributed by atoms with Gasteiger partial charge in [0.2, 0.25) is 17.8 Å². The molecule has 3 aromatic rings. The number of fused-ring (bicyclic) bond motifs is 1. The fourth-order valence-corrected chi connectivity index (χ4v) is 4.61. The van der Waals surface area contributed by atoms with E-state index in [1.807, 2.05) is 31.2 Å². The van der Waals surface area contributed by atoms with Crippen LogP contribution in [0.1, 0.15) is 43.2 Å². The van der Waals surface area contributed by atoms with Crippen LogP contribution in [0.5, 0.6) is 0 Å². The van der Waals surface area contributed by atoms with E-state index >= 15 is 0 Å². The van der Waals surface area contributed by atoms with E-state index in [1.54, 1.807) is 0 Å². The third-order valence-electron chi connectivity index (χ3n) is 6.09. The van der Waals surface area contributed by atoms with Gasteiger partial charge >= 0.3 is 0 Å². The van der Waals surface area contributed by atoms with Crippen molar-refractivity contribution in [2.24, 2.45) is 21.5 Å². The lowest BCUT2D eigenvalue weighted by molar-refractivity contribution is 0.305. The molecule has 1 aromatic heterocycles. The maximum absolute atomic E-state index is 6.42. The van der Waals surface area contributed by atoms with Gasteiger partial charge in [0, 0.05) is 11.3 Å². The molecule has 1 aliphatic heterocycles. The first-order valence-electron chi connectivity index (χ1n) is 10.4. The van der Waals surface area contributed by atoms with Crippen molar-refractivity contribution in [2.45, 2.75) is 51.6 Å². The van der Waals surface area contributed by atoms with Gasteiger partial charge in [-0.2, -0.15) is 4.99 Å². The molecule has 2 heterocycles. The van der Waals surface area contributed by atoms with Crippen molar-refractivity contribution in [3.05, 3.63) is 47.5 Å². The normalized spacial score (nSPS) is 18.5. The van der Waals surface area contributed by atoms with Gasteiger partial charge in [-0.3, -0.25) is 4.90 Å². The number of nitrogens with two attached hydrogens (primary N) is 2. The summed E-state index contributed by atoms with van der Waals surface area (Å²) in [4.78, 5) is 15.8. The fourth-order valence-electron chi connectivity index (χ4n) is 4.61. The van der Waals surface area contributed by atoms with Gasteiger partial charge in [0.15, 0.2) is 5.58 Å². The molecule has 5 rings (SSSR count). The molecule has 4 N–H and O–H groups in total. The number of aliphatic imine (C=N–C) groups is 2. The van der Waals surface area contributed by atoms with Gasteiger partial charge in [-0.25, -0.2) is 9.98 Å². The van der Waals surface area contributed by atoms with Gasteiger partial charge in [0.1, 0.15) is 11.2 Å². The SMILES string of the molecule is Cc1ccc2nc(-c3ccc(C)c(N4C(N)=NC(N)=NC45CCCCC5)c3)oc2c1. The van der Waals surface area contributed by atoms with Crippen LogP contribution in [0.4, 0.5) is 5.69 Å². The largest absolute Gasteiger partial charge is 0.436 e. The van der Waals surface area contributed by atoms with Crippen LogP contribution in [0.3, 0.4) is 0 Å². The first-order valence-corrected chi connectivity index (χ1v) is 10.4. The highest BCUT2D eigenvalue weighted by atomic mass is 16.3. The molecule has 1 fully saturated rings. The molecule has 0 saturated heterocycles. The van der Waals surface area contributed by atoms with E-state index in [1.165, 1.54) is 6.42 Å². The van der Waals surface area contributed by atoms with Crippen molar-refractivity contribution >= 4 is 28.7 Å². The lowest BCUT2D eigenvalue weighted by Crippen LogP contribution is -2.58.